The van der Waals surface area contributed by atoms with Crippen molar-refractivity contribution >= 4 is 11.9 Å². The number of carbonyl (C=O) groups is 2. The summed E-state index contributed by atoms with van der Waals surface area (Å²) >= 11 is 0. The quantitative estimate of drug-likeness (QED) is 0.652. The molecule has 0 aromatic carbocycles. The molecular formula is C7H9F2NO3. The van der Waals surface area contributed by atoms with Crippen molar-refractivity contribution in [2.45, 2.75) is 25.3 Å². The summed E-state index contributed by atoms with van der Waals surface area (Å²) in [5.74, 6) is -5.09. The molecule has 1 rings (SSSR count). The van der Waals surface area contributed by atoms with E-state index in [1.165, 1.54) is 0 Å². The van der Waals surface area contributed by atoms with Crippen molar-refractivity contribution in [3.8, 4) is 0 Å². The van der Waals surface area contributed by atoms with Crippen molar-refractivity contribution in [2.75, 3.05) is 6.54 Å². The maximum Gasteiger partial charge on any atom is 0.326 e. The van der Waals surface area contributed by atoms with Crippen LogP contribution in [0.25, 0.3) is 0 Å². The molecule has 0 aliphatic carbocycles. The number of carboxylic acids is 1. The Labute approximate surface area is 73.1 Å². The molecule has 1 fully saturated rings. The van der Waals surface area contributed by atoms with Gasteiger partial charge < -0.3 is 10.0 Å². The van der Waals surface area contributed by atoms with Gasteiger partial charge in [-0.1, -0.05) is 0 Å². The minimum atomic E-state index is -3.07. The standard InChI is InChI=1S/C7H9F2NO3/c1-4(11)10-3-7(8,9)2-5(10)6(12)13/h5H,2-3H2,1H3,(H,12,13)/t5-/m0/s1. The third kappa shape index (κ3) is 1.93. The van der Waals surface area contributed by atoms with E-state index >= 15 is 0 Å². The Hall–Kier alpha value is -1.20. The van der Waals surface area contributed by atoms with Crippen LogP contribution in [-0.2, 0) is 9.59 Å². The van der Waals surface area contributed by atoms with Gasteiger partial charge in [-0.3, -0.25) is 4.79 Å². The number of hydrogen-bond donors (Lipinski definition) is 1. The zero-order valence-electron chi connectivity index (χ0n) is 6.96. The first-order valence-corrected chi connectivity index (χ1v) is 3.71. The lowest BCUT2D eigenvalue weighted by Crippen LogP contribution is -2.39. The molecule has 1 atom stereocenters. The average molecular weight is 193 g/mol. The van der Waals surface area contributed by atoms with Crippen LogP contribution in [0.2, 0.25) is 0 Å². The molecule has 13 heavy (non-hydrogen) atoms. The largest absolute Gasteiger partial charge is 0.480 e. The van der Waals surface area contributed by atoms with Gasteiger partial charge >= 0.3 is 5.97 Å². The minimum Gasteiger partial charge on any atom is -0.480 e. The Morgan fingerprint density at radius 2 is 2.08 bits per heavy atom. The summed E-state index contributed by atoms with van der Waals surface area (Å²) < 4.78 is 25.4. The fraction of sp³-hybridized carbons (Fsp3) is 0.714. The number of carbonyl (C=O) groups excluding carboxylic acids is 1. The van der Waals surface area contributed by atoms with E-state index in [-0.39, 0.29) is 0 Å². The fourth-order valence-electron chi connectivity index (χ4n) is 1.37. The third-order valence-electron chi connectivity index (χ3n) is 1.96. The molecule has 4 nitrogen and oxygen atoms in total. The smallest absolute Gasteiger partial charge is 0.326 e. The van der Waals surface area contributed by atoms with Gasteiger partial charge in [0, 0.05) is 13.3 Å². The molecule has 0 bridgehead atoms. The third-order valence-corrected chi connectivity index (χ3v) is 1.96. The lowest BCUT2D eigenvalue weighted by molar-refractivity contribution is -0.147. The molecule has 0 unspecified atom stereocenters. The number of carboxylic acid groups (broad SMARTS) is 1. The van der Waals surface area contributed by atoms with Crippen molar-refractivity contribution in [1.29, 1.82) is 0 Å². The average Bonchev–Trinajstić information content (AvgIpc) is 2.26. The summed E-state index contributed by atoms with van der Waals surface area (Å²) in [6.07, 6.45) is -0.790. The van der Waals surface area contributed by atoms with Crippen LogP contribution >= 0.6 is 0 Å². The van der Waals surface area contributed by atoms with Crippen molar-refractivity contribution < 1.29 is 23.5 Å². The summed E-state index contributed by atoms with van der Waals surface area (Å²) in [5.41, 5.74) is 0. The molecule has 0 aromatic rings. The Morgan fingerprint density at radius 3 is 2.38 bits per heavy atom. The summed E-state index contributed by atoms with van der Waals surface area (Å²) in [6, 6.07) is -1.38. The SMILES string of the molecule is CC(=O)N1CC(F)(F)C[C@H]1C(=O)O. The number of alkyl halides is 2. The Morgan fingerprint density at radius 1 is 1.54 bits per heavy atom. The zero-order chi connectivity index (χ0) is 10.2. The number of likely N-dealkylation sites (tertiary alicyclic amines) is 1. The highest BCUT2D eigenvalue weighted by atomic mass is 19.3. The number of nitrogens with zero attached hydrogens (tertiary/aromatic N) is 1. The fourth-order valence-corrected chi connectivity index (χ4v) is 1.37. The predicted octanol–water partition coefficient (Wildman–Crippen LogP) is 0.327. The molecule has 6 heteroatoms. The second-order valence-corrected chi connectivity index (χ2v) is 3.06. The van der Waals surface area contributed by atoms with E-state index in [1.54, 1.807) is 0 Å². The molecule has 1 amide bonds. The molecule has 1 aliphatic heterocycles. The van der Waals surface area contributed by atoms with E-state index in [0.29, 0.717) is 4.90 Å². The highest BCUT2D eigenvalue weighted by Crippen LogP contribution is 2.31. The lowest BCUT2D eigenvalue weighted by atomic mass is 10.2. The number of halogens is 2. The van der Waals surface area contributed by atoms with Gasteiger partial charge in [0.25, 0.3) is 5.92 Å². The van der Waals surface area contributed by atoms with Crippen LogP contribution in [-0.4, -0.2) is 40.4 Å². The second kappa shape index (κ2) is 2.93. The van der Waals surface area contributed by atoms with Crippen molar-refractivity contribution in [2.24, 2.45) is 0 Å². The van der Waals surface area contributed by atoms with Gasteiger partial charge in [-0.05, 0) is 0 Å². The van der Waals surface area contributed by atoms with Crippen LogP contribution in [0.4, 0.5) is 8.78 Å². The van der Waals surface area contributed by atoms with Gasteiger partial charge in [0.15, 0.2) is 0 Å². The van der Waals surface area contributed by atoms with Crippen molar-refractivity contribution in [3.05, 3.63) is 0 Å². The van der Waals surface area contributed by atoms with Crippen molar-refractivity contribution in [3.63, 3.8) is 0 Å². The first kappa shape index (κ1) is 9.88. The van der Waals surface area contributed by atoms with E-state index in [1.807, 2.05) is 0 Å². The second-order valence-electron chi connectivity index (χ2n) is 3.06. The lowest BCUT2D eigenvalue weighted by Gasteiger charge is -2.17. The molecule has 1 saturated heterocycles. The summed E-state index contributed by atoms with van der Waals surface area (Å²) in [5, 5.41) is 8.54. The number of hydrogen-bond acceptors (Lipinski definition) is 2. The normalized spacial score (nSPS) is 26.1. The van der Waals surface area contributed by atoms with Crippen LogP contribution in [0.5, 0.6) is 0 Å². The molecular weight excluding hydrogens is 184 g/mol. The molecule has 0 aromatic heterocycles. The number of aliphatic carboxylic acids is 1. The summed E-state index contributed by atoms with van der Waals surface area (Å²) in [6.45, 7) is 0.288. The number of amides is 1. The van der Waals surface area contributed by atoms with Crippen LogP contribution in [0.1, 0.15) is 13.3 Å². The predicted molar refractivity (Wildman–Crippen MR) is 38.4 cm³/mol. The maximum atomic E-state index is 12.7. The first-order chi connectivity index (χ1) is 5.83. The Bertz CT molecular complexity index is 230. The maximum absolute atomic E-state index is 12.7. The minimum absolute atomic E-state index is 0.635. The highest BCUT2D eigenvalue weighted by Gasteiger charge is 2.49. The molecule has 1 N–H and O–H groups in total. The summed E-state index contributed by atoms with van der Waals surface area (Å²) in [4.78, 5) is 21.9. The Kier molecular flexibility index (Phi) is 2.23. The van der Waals surface area contributed by atoms with E-state index < -0.39 is 36.8 Å². The number of rotatable bonds is 1. The van der Waals surface area contributed by atoms with Gasteiger partial charge in [0.05, 0.1) is 6.54 Å². The topological polar surface area (TPSA) is 57.6 Å². The van der Waals surface area contributed by atoms with Crippen LogP contribution in [0.3, 0.4) is 0 Å². The van der Waals surface area contributed by atoms with E-state index in [2.05, 4.69) is 0 Å². The summed E-state index contributed by atoms with van der Waals surface area (Å²) in [7, 11) is 0. The highest BCUT2D eigenvalue weighted by molar-refractivity contribution is 5.83. The van der Waals surface area contributed by atoms with Gasteiger partial charge in [-0.2, -0.15) is 0 Å². The van der Waals surface area contributed by atoms with E-state index in [4.69, 9.17) is 5.11 Å². The zero-order valence-corrected chi connectivity index (χ0v) is 6.96. The van der Waals surface area contributed by atoms with E-state index in [0.717, 1.165) is 6.92 Å². The van der Waals surface area contributed by atoms with Crippen LogP contribution in [0.15, 0.2) is 0 Å². The molecule has 0 spiro atoms. The van der Waals surface area contributed by atoms with E-state index in [9.17, 15) is 18.4 Å². The van der Waals surface area contributed by atoms with Gasteiger partial charge in [-0.15, -0.1) is 0 Å². The van der Waals surface area contributed by atoms with Crippen LogP contribution < -0.4 is 0 Å². The molecule has 1 aliphatic rings. The molecule has 0 radical (unpaired) electrons. The molecule has 74 valence electrons. The Balaban J connectivity index is 2.83. The molecule has 1 heterocycles. The van der Waals surface area contributed by atoms with Crippen molar-refractivity contribution in [1.82, 2.24) is 4.90 Å². The van der Waals surface area contributed by atoms with Gasteiger partial charge in [0.1, 0.15) is 6.04 Å². The van der Waals surface area contributed by atoms with Crippen LogP contribution in [0, 0.1) is 0 Å². The first-order valence-electron chi connectivity index (χ1n) is 3.71. The monoisotopic (exact) mass is 193 g/mol. The van der Waals surface area contributed by atoms with Gasteiger partial charge in [-0.25, -0.2) is 13.6 Å². The van der Waals surface area contributed by atoms with Gasteiger partial charge in [0.2, 0.25) is 5.91 Å². The molecule has 0 saturated carbocycles.